The molecule has 234 valence electrons. The van der Waals surface area contributed by atoms with Gasteiger partial charge in [0.15, 0.2) is 5.78 Å². The maximum absolute atomic E-state index is 13.5. The molecule has 1 heterocycles. The van der Waals surface area contributed by atoms with Gasteiger partial charge in [0.05, 0.1) is 6.04 Å². The van der Waals surface area contributed by atoms with Crippen LogP contribution in [0.15, 0.2) is 42.5 Å². The van der Waals surface area contributed by atoms with Gasteiger partial charge in [-0.15, -0.1) is 0 Å². The minimum absolute atomic E-state index is 0.0398. The quantitative estimate of drug-likeness (QED) is 0.283. The number of phenolic OH excluding ortho intramolecular Hbond substituents is 1. The lowest BCUT2D eigenvalue weighted by Gasteiger charge is -2.28. The molecule has 0 aliphatic carbocycles. The number of Topliss-reactive ketones (excluding diaryl/α,β-unsaturated/α-hetero) is 1. The van der Waals surface area contributed by atoms with Gasteiger partial charge in [0, 0.05) is 32.0 Å². The number of nitrogens with zero attached hydrogens (tertiary/aromatic N) is 1. The molecule has 2 aromatic rings. The SMILES string of the molecule is Cc1cc(CNC(=O)[C@H](CCCNC(=O)OCc2ccccc2)CC(=O)[C@@H]2CCCN2C(=O)OC(C)(C)C)cc(C)c1O. The molecule has 0 radical (unpaired) electrons. The molecule has 3 N–H and O–H groups in total. The predicted molar refractivity (Wildman–Crippen MR) is 162 cm³/mol. The summed E-state index contributed by atoms with van der Waals surface area (Å²) in [5.41, 5.74) is 2.45. The number of ether oxygens (including phenoxy) is 2. The topological polar surface area (TPSA) is 134 Å². The number of alkyl carbamates (subject to hydrolysis) is 1. The van der Waals surface area contributed by atoms with E-state index in [9.17, 15) is 24.3 Å². The first-order valence-electron chi connectivity index (χ1n) is 14.9. The van der Waals surface area contributed by atoms with Crippen molar-refractivity contribution in [2.24, 2.45) is 5.92 Å². The lowest BCUT2D eigenvalue weighted by atomic mass is 9.92. The number of carbonyl (C=O) groups excluding carboxylic acids is 4. The van der Waals surface area contributed by atoms with E-state index in [4.69, 9.17) is 9.47 Å². The molecule has 0 spiro atoms. The molecule has 2 atom stereocenters. The molecule has 1 fully saturated rings. The van der Waals surface area contributed by atoms with Crippen molar-refractivity contribution in [1.29, 1.82) is 0 Å². The van der Waals surface area contributed by atoms with E-state index in [1.807, 2.05) is 42.5 Å². The van der Waals surface area contributed by atoms with Crippen LogP contribution in [0.3, 0.4) is 0 Å². The minimum atomic E-state index is -0.685. The van der Waals surface area contributed by atoms with E-state index in [1.54, 1.807) is 34.6 Å². The number of benzene rings is 2. The number of hydrogen-bond acceptors (Lipinski definition) is 7. The third kappa shape index (κ3) is 10.6. The molecule has 1 aliphatic rings. The largest absolute Gasteiger partial charge is 0.507 e. The highest BCUT2D eigenvalue weighted by atomic mass is 16.6. The van der Waals surface area contributed by atoms with Crippen LogP contribution in [0.25, 0.3) is 0 Å². The molecule has 0 saturated carbocycles. The van der Waals surface area contributed by atoms with Gasteiger partial charge in [-0.05, 0) is 82.6 Å². The van der Waals surface area contributed by atoms with Crippen LogP contribution in [-0.2, 0) is 32.2 Å². The highest BCUT2D eigenvalue weighted by Crippen LogP contribution is 2.26. The Morgan fingerprint density at radius 3 is 2.35 bits per heavy atom. The zero-order valence-corrected chi connectivity index (χ0v) is 25.9. The summed E-state index contributed by atoms with van der Waals surface area (Å²) in [5, 5.41) is 15.7. The molecular weight excluding hydrogens is 550 g/mol. The van der Waals surface area contributed by atoms with E-state index < -0.39 is 29.7 Å². The Labute approximate surface area is 254 Å². The first kappa shape index (κ1) is 33.4. The molecule has 1 saturated heterocycles. The van der Waals surface area contributed by atoms with Gasteiger partial charge in [0.2, 0.25) is 5.91 Å². The van der Waals surface area contributed by atoms with Crippen LogP contribution in [0.4, 0.5) is 9.59 Å². The normalized spacial score (nSPS) is 15.5. The number of rotatable bonds is 12. The maximum atomic E-state index is 13.5. The Balaban J connectivity index is 1.60. The van der Waals surface area contributed by atoms with Gasteiger partial charge in [0.1, 0.15) is 18.0 Å². The third-order valence-electron chi connectivity index (χ3n) is 7.30. The maximum Gasteiger partial charge on any atom is 0.410 e. The molecule has 10 heteroatoms. The average Bonchev–Trinajstić information content (AvgIpc) is 3.45. The average molecular weight is 596 g/mol. The van der Waals surface area contributed by atoms with Gasteiger partial charge < -0.3 is 25.2 Å². The van der Waals surface area contributed by atoms with E-state index in [0.717, 1.165) is 11.1 Å². The highest BCUT2D eigenvalue weighted by Gasteiger charge is 2.37. The van der Waals surface area contributed by atoms with E-state index in [-0.39, 0.29) is 43.6 Å². The number of aromatic hydroxyl groups is 1. The van der Waals surface area contributed by atoms with E-state index in [2.05, 4.69) is 10.6 Å². The Bertz CT molecular complexity index is 1250. The zero-order valence-electron chi connectivity index (χ0n) is 25.9. The number of carbonyl (C=O) groups is 4. The predicted octanol–water partition coefficient (Wildman–Crippen LogP) is 5.31. The van der Waals surface area contributed by atoms with Crippen molar-refractivity contribution in [3.8, 4) is 5.75 Å². The number of aryl methyl sites for hydroxylation is 2. The standard InChI is InChI=1S/C33H45N3O7/c1-22-17-25(18-23(2)29(22)38)20-35-30(39)26(13-9-15-34-31(40)42-21-24-11-7-6-8-12-24)19-28(37)27-14-10-16-36(27)32(41)43-33(3,4)5/h6-8,11-12,17-18,26-27,38H,9-10,13-16,19-21H2,1-5H3,(H,34,40)(H,35,39)/t26-,27+/m1/s1. The molecule has 0 unspecified atom stereocenters. The van der Waals surface area contributed by atoms with Crippen LogP contribution in [0.5, 0.6) is 5.75 Å². The van der Waals surface area contributed by atoms with Crippen LogP contribution >= 0.6 is 0 Å². The van der Waals surface area contributed by atoms with E-state index >= 15 is 0 Å². The summed E-state index contributed by atoms with van der Waals surface area (Å²) in [7, 11) is 0. The monoisotopic (exact) mass is 595 g/mol. The minimum Gasteiger partial charge on any atom is -0.507 e. The Hall–Kier alpha value is -4.08. The summed E-state index contributed by atoms with van der Waals surface area (Å²) in [4.78, 5) is 53.2. The summed E-state index contributed by atoms with van der Waals surface area (Å²) in [5.74, 6) is -0.908. The highest BCUT2D eigenvalue weighted by molar-refractivity contribution is 5.92. The second kappa shape index (κ2) is 15.4. The van der Waals surface area contributed by atoms with Crippen molar-refractivity contribution in [3.05, 3.63) is 64.7 Å². The fourth-order valence-corrected chi connectivity index (χ4v) is 5.14. The second-order valence-corrected chi connectivity index (χ2v) is 12.1. The van der Waals surface area contributed by atoms with Crippen LogP contribution in [0.2, 0.25) is 0 Å². The van der Waals surface area contributed by atoms with Crippen LogP contribution in [0, 0.1) is 19.8 Å². The van der Waals surface area contributed by atoms with Crippen molar-refractivity contribution in [1.82, 2.24) is 15.5 Å². The van der Waals surface area contributed by atoms with Gasteiger partial charge in [-0.3, -0.25) is 14.5 Å². The number of hydrogen-bond donors (Lipinski definition) is 3. The molecule has 1 aliphatic heterocycles. The van der Waals surface area contributed by atoms with Crippen molar-refractivity contribution in [2.45, 2.75) is 91.5 Å². The summed E-state index contributed by atoms with van der Waals surface area (Å²) < 4.78 is 10.8. The third-order valence-corrected chi connectivity index (χ3v) is 7.30. The Morgan fingerprint density at radius 2 is 1.70 bits per heavy atom. The number of nitrogens with one attached hydrogen (secondary N) is 2. The number of ketones is 1. The molecule has 2 aromatic carbocycles. The van der Waals surface area contributed by atoms with Gasteiger partial charge in [-0.25, -0.2) is 9.59 Å². The van der Waals surface area contributed by atoms with E-state index in [0.29, 0.717) is 43.4 Å². The molecule has 3 amide bonds. The number of likely N-dealkylation sites (tertiary alicyclic amines) is 1. The summed E-state index contributed by atoms with van der Waals surface area (Å²) in [6.07, 6.45) is 0.877. The molecule has 43 heavy (non-hydrogen) atoms. The van der Waals surface area contributed by atoms with Crippen molar-refractivity contribution >= 4 is 23.9 Å². The smallest absolute Gasteiger partial charge is 0.410 e. The van der Waals surface area contributed by atoms with Crippen LogP contribution in [-0.4, -0.2) is 58.6 Å². The molecule has 0 bridgehead atoms. The molecule has 3 rings (SSSR count). The fraction of sp³-hybridized carbons (Fsp3) is 0.515. The number of amides is 3. The fourth-order valence-electron chi connectivity index (χ4n) is 5.14. The Kier molecular flexibility index (Phi) is 12.0. The van der Waals surface area contributed by atoms with Gasteiger partial charge in [-0.2, -0.15) is 0 Å². The van der Waals surface area contributed by atoms with Gasteiger partial charge >= 0.3 is 12.2 Å². The van der Waals surface area contributed by atoms with Crippen molar-refractivity contribution in [3.63, 3.8) is 0 Å². The molecule has 0 aromatic heterocycles. The van der Waals surface area contributed by atoms with Crippen molar-refractivity contribution in [2.75, 3.05) is 13.1 Å². The molecular formula is C33H45N3O7. The second-order valence-electron chi connectivity index (χ2n) is 12.1. The van der Waals surface area contributed by atoms with Crippen LogP contribution < -0.4 is 10.6 Å². The van der Waals surface area contributed by atoms with E-state index in [1.165, 1.54) is 4.90 Å². The van der Waals surface area contributed by atoms with Gasteiger partial charge in [0.25, 0.3) is 0 Å². The van der Waals surface area contributed by atoms with Crippen molar-refractivity contribution < 1.29 is 33.8 Å². The summed E-state index contributed by atoms with van der Waals surface area (Å²) in [6.45, 7) is 10.0. The van der Waals surface area contributed by atoms with Crippen LogP contribution in [0.1, 0.15) is 75.1 Å². The lowest BCUT2D eigenvalue weighted by molar-refractivity contribution is -0.131. The summed E-state index contributed by atoms with van der Waals surface area (Å²) in [6, 6.07) is 12.3. The first-order chi connectivity index (χ1) is 20.3. The summed E-state index contributed by atoms with van der Waals surface area (Å²) >= 11 is 0. The molecule has 10 nitrogen and oxygen atoms in total. The number of phenols is 1. The zero-order chi connectivity index (χ0) is 31.6. The lowest BCUT2D eigenvalue weighted by Crippen LogP contribution is -2.44. The Morgan fingerprint density at radius 1 is 1.02 bits per heavy atom. The first-order valence-corrected chi connectivity index (χ1v) is 14.9. The van der Waals surface area contributed by atoms with Gasteiger partial charge in [-0.1, -0.05) is 42.5 Å².